The normalized spacial score (nSPS) is 13.7. The Balaban J connectivity index is 0.991. The van der Waals surface area contributed by atoms with Crippen molar-refractivity contribution in [1.29, 1.82) is 0 Å². The minimum absolute atomic E-state index is 0.101. The number of ether oxygens (including phenoxy) is 2. The molecular formula is C68H38N4O4S2. The summed E-state index contributed by atoms with van der Waals surface area (Å²) in [5, 5.41) is 5.13. The molecule has 0 N–H and O–H groups in total. The Hall–Kier alpha value is -9.74. The highest BCUT2D eigenvalue weighted by atomic mass is 32.2. The van der Waals surface area contributed by atoms with E-state index in [-0.39, 0.29) is 10.9 Å². The molecule has 4 aliphatic heterocycles. The average molecular weight is 1040 g/mol. The van der Waals surface area contributed by atoms with Gasteiger partial charge in [-0.05, 0) is 150 Å². The summed E-state index contributed by atoms with van der Waals surface area (Å²) in [4.78, 5) is 45.4. The summed E-state index contributed by atoms with van der Waals surface area (Å²) >= 11 is 3.50. The van der Waals surface area contributed by atoms with Gasteiger partial charge in [0.1, 0.15) is 0 Å². The number of anilines is 12. The second-order valence-electron chi connectivity index (χ2n) is 19.9. The molecule has 0 radical (unpaired) electrons. The van der Waals surface area contributed by atoms with E-state index >= 15 is 9.59 Å². The van der Waals surface area contributed by atoms with Crippen LogP contribution in [0.2, 0.25) is 0 Å². The monoisotopic (exact) mass is 1040 g/mol. The second-order valence-corrected chi connectivity index (χ2v) is 22.0. The van der Waals surface area contributed by atoms with Crippen LogP contribution in [0.15, 0.2) is 260 Å². The van der Waals surface area contributed by atoms with E-state index in [1.165, 1.54) is 0 Å². The predicted octanol–water partition coefficient (Wildman–Crippen LogP) is 18.9. The van der Waals surface area contributed by atoms with Crippen LogP contribution in [0.25, 0.3) is 43.1 Å². The third kappa shape index (κ3) is 6.15. The highest BCUT2D eigenvalue weighted by Gasteiger charge is 2.35. The van der Waals surface area contributed by atoms with Crippen molar-refractivity contribution in [2.75, 3.05) is 19.6 Å². The maximum absolute atomic E-state index is 16.1. The molecule has 78 heavy (non-hydrogen) atoms. The number of benzene rings is 11. The van der Waals surface area contributed by atoms with Crippen molar-refractivity contribution in [2.45, 2.75) is 19.6 Å². The Labute approximate surface area is 454 Å². The van der Waals surface area contributed by atoms with Crippen LogP contribution in [-0.4, -0.2) is 0 Å². The molecule has 366 valence electrons. The molecule has 10 heteroatoms. The Bertz CT molecular complexity index is 4690. The van der Waals surface area contributed by atoms with Gasteiger partial charge in [0.2, 0.25) is 0 Å². The van der Waals surface area contributed by atoms with Gasteiger partial charge in [0, 0.05) is 52.5 Å². The van der Waals surface area contributed by atoms with Gasteiger partial charge in [0.15, 0.2) is 33.9 Å². The molecule has 0 spiro atoms. The third-order valence-electron chi connectivity index (χ3n) is 15.6. The number of hydrogen-bond donors (Lipinski definition) is 0. The molecule has 0 saturated carbocycles. The van der Waals surface area contributed by atoms with Crippen LogP contribution in [0.1, 0.15) is 0 Å². The Kier molecular flexibility index (Phi) is 9.14. The molecule has 13 aromatic rings. The number of nitrogens with zero attached hydrogens (tertiary/aromatic N) is 4. The van der Waals surface area contributed by atoms with Gasteiger partial charge >= 0.3 is 0 Å². The molecule has 0 aromatic heterocycles. The summed E-state index contributed by atoms with van der Waals surface area (Å²) in [6.45, 7) is 0. The van der Waals surface area contributed by atoms with Crippen LogP contribution in [0.4, 0.5) is 68.2 Å². The van der Waals surface area contributed by atoms with E-state index in [9.17, 15) is 0 Å². The standard InChI is InChI=1S/C68H38N4O4S2/c73-67-45-37-41-42-33-39(69-47-17-1-9-25-57(47)75-58-26-10-2-18-48(58)69)36-56(71-49-19-3-11-27-59(49)76-60-28-12-4-20-50(60)71)66(42)68(74)44(41)38-43(45)65-46(67)34-40(70-51-21-5-13-29-61(51)77-62-30-14-6-22-52(62)70)35-55(65)72-53-23-7-15-31-63(53)78-64-32-16-8-24-54(64)72/h1-38H. The van der Waals surface area contributed by atoms with Gasteiger partial charge < -0.3 is 29.1 Å². The van der Waals surface area contributed by atoms with Crippen molar-refractivity contribution in [3.63, 3.8) is 0 Å². The number of hydrogen-bond acceptors (Lipinski definition) is 10. The molecule has 17 rings (SSSR count). The van der Waals surface area contributed by atoms with E-state index in [1.54, 1.807) is 23.5 Å². The van der Waals surface area contributed by atoms with E-state index in [0.717, 1.165) is 98.3 Å². The lowest BCUT2D eigenvalue weighted by atomic mass is 10.0. The summed E-state index contributed by atoms with van der Waals surface area (Å²) < 4.78 is 13.1. The van der Waals surface area contributed by atoms with Crippen molar-refractivity contribution in [2.24, 2.45) is 0 Å². The Morgan fingerprint density at radius 2 is 0.577 bits per heavy atom. The molecule has 8 nitrogen and oxygen atoms in total. The largest absolute Gasteiger partial charge is 0.453 e. The van der Waals surface area contributed by atoms with Gasteiger partial charge in [-0.25, -0.2) is 0 Å². The quantitative estimate of drug-likeness (QED) is 0.170. The zero-order chi connectivity index (χ0) is 51.3. The second kappa shape index (κ2) is 16.4. The van der Waals surface area contributed by atoms with Crippen LogP contribution in [0.5, 0.6) is 23.0 Å². The maximum Gasteiger partial charge on any atom is 0.196 e. The van der Waals surface area contributed by atoms with Gasteiger partial charge in [-0.3, -0.25) is 9.59 Å². The van der Waals surface area contributed by atoms with Gasteiger partial charge in [-0.15, -0.1) is 0 Å². The first-order valence-corrected chi connectivity index (χ1v) is 27.4. The average Bonchev–Trinajstić information content (AvgIpc) is 4.15. The highest BCUT2D eigenvalue weighted by molar-refractivity contribution is 8.00. The molecule has 0 amide bonds. The molecule has 0 aliphatic carbocycles. The lowest BCUT2D eigenvalue weighted by molar-refractivity contribution is 0.477. The van der Waals surface area contributed by atoms with Crippen molar-refractivity contribution < 1.29 is 9.47 Å². The van der Waals surface area contributed by atoms with Gasteiger partial charge in [0.25, 0.3) is 0 Å². The summed E-state index contributed by atoms with van der Waals surface area (Å²) in [6, 6.07) is 78.4. The van der Waals surface area contributed by atoms with Crippen molar-refractivity contribution in [3.05, 3.63) is 251 Å². The topological polar surface area (TPSA) is 65.6 Å². The van der Waals surface area contributed by atoms with Gasteiger partial charge in [0.05, 0.1) is 62.3 Å². The van der Waals surface area contributed by atoms with Crippen LogP contribution in [-0.2, 0) is 0 Å². The number of para-hydroxylation sites is 12. The molecule has 4 heterocycles. The molecule has 0 fully saturated rings. The lowest BCUT2D eigenvalue weighted by Gasteiger charge is -2.36. The van der Waals surface area contributed by atoms with Crippen LogP contribution < -0.4 is 39.9 Å². The van der Waals surface area contributed by atoms with Crippen LogP contribution in [0.3, 0.4) is 0 Å². The minimum atomic E-state index is -0.128. The van der Waals surface area contributed by atoms with E-state index < -0.39 is 0 Å². The van der Waals surface area contributed by atoms with Crippen LogP contribution in [0, 0.1) is 0 Å². The zero-order valence-corrected chi connectivity index (χ0v) is 42.8. The SMILES string of the molecule is O=c1c2cc3c(cc2c2c(N4c5ccccc5Sc5ccccc54)cc(N4c5ccccc5Sc5ccccc54)cc12)c(=O)c1c(N2c4ccccc4Oc4ccccc42)cc(N2c4ccccc4Oc4ccccc42)cc13. The molecule has 4 aliphatic rings. The lowest BCUT2D eigenvalue weighted by Crippen LogP contribution is -2.19. The molecule has 0 bridgehead atoms. The first-order valence-electron chi connectivity index (χ1n) is 25.8. The van der Waals surface area contributed by atoms with Crippen molar-refractivity contribution in [1.82, 2.24) is 0 Å². The van der Waals surface area contributed by atoms with E-state index in [0.29, 0.717) is 55.6 Å². The molecule has 0 unspecified atom stereocenters. The van der Waals surface area contributed by atoms with Crippen molar-refractivity contribution in [3.8, 4) is 23.0 Å². The predicted molar refractivity (Wildman–Crippen MR) is 319 cm³/mol. The highest BCUT2D eigenvalue weighted by Crippen LogP contribution is 2.59. The Morgan fingerprint density at radius 1 is 0.256 bits per heavy atom. The first kappa shape index (κ1) is 43.5. The smallest absolute Gasteiger partial charge is 0.196 e. The third-order valence-corrected chi connectivity index (χ3v) is 17.9. The zero-order valence-electron chi connectivity index (χ0n) is 41.2. The van der Waals surface area contributed by atoms with Gasteiger partial charge in [-0.2, -0.15) is 0 Å². The van der Waals surface area contributed by atoms with Gasteiger partial charge in [-0.1, -0.05) is 121 Å². The summed E-state index contributed by atoms with van der Waals surface area (Å²) in [7, 11) is 0. The summed E-state index contributed by atoms with van der Waals surface area (Å²) in [5.41, 5.74) is 10.4. The minimum Gasteiger partial charge on any atom is -0.453 e. The molecular weight excluding hydrogens is 1000 g/mol. The van der Waals surface area contributed by atoms with E-state index in [1.807, 2.05) is 97.1 Å². The molecule has 0 saturated heterocycles. The first-order chi connectivity index (χ1) is 38.5. The Morgan fingerprint density at radius 3 is 1.05 bits per heavy atom. The fourth-order valence-corrected chi connectivity index (χ4v) is 14.4. The fourth-order valence-electron chi connectivity index (χ4n) is 12.3. The molecule has 13 aromatic carbocycles. The number of fused-ring (bicyclic) bond motifs is 14. The molecule has 0 atom stereocenters. The van der Waals surface area contributed by atoms with E-state index in [4.69, 9.17) is 9.47 Å². The van der Waals surface area contributed by atoms with Crippen molar-refractivity contribution >= 4 is 135 Å². The number of rotatable bonds is 4. The van der Waals surface area contributed by atoms with Crippen LogP contribution >= 0.6 is 23.5 Å². The maximum atomic E-state index is 16.1. The fraction of sp³-hybridized carbons (Fsp3) is 0. The van der Waals surface area contributed by atoms with E-state index in [2.05, 4.69) is 153 Å². The summed E-state index contributed by atoms with van der Waals surface area (Å²) in [6.07, 6.45) is 0. The summed E-state index contributed by atoms with van der Waals surface area (Å²) in [5.74, 6) is 2.76.